The van der Waals surface area contributed by atoms with Crippen LogP contribution in [0.3, 0.4) is 0 Å². The number of hydrogen-bond acceptors (Lipinski definition) is 5. The molecule has 2 fully saturated rings. The highest BCUT2D eigenvalue weighted by Gasteiger charge is 2.24. The molecule has 1 amide bonds. The first kappa shape index (κ1) is 23.6. The molecule has 0 bridgehead atoms. The Labute approximate surface area is 198 Å². The number of ether oxygens (including phenoxy) is 1. The van der Waals surface area contributed by atoms with Crippen molar-refractivity contribution in [2.24, 2.45) is 0 Å². The van der Waals surface area contributed by atoms with Crippen LogP contribution in [0.25, 0.3) is 0 Å². The Hall–Kier alpha value is -2.57. The molecule has 0 spiro atoms. The lowest BCUT2D eigenvalue weighted by Crippen LogP contribution is -2.46. The SMILES string of the molecule is CCN1CCN(c2ccc(NC(=O)CN3CCCCC[C@H]3c3ccc(OC)cc3)cc2)CC1. The second kappa shape index (κ2) is 11.5. The summed E-state index contributed by atoms with van der Waals surface area (Å²) < 4.78 is 5.31. The number of piperazine rings is 1. The van der Waals surface area contributed by atoms with Crippen LogP contribution in [0.2, 0.25) is 0 Å². The number of hydrogen-bond donors (Lipinski definition) is 1. The first-order chi connectivity index (χ1) is 16.2. The second-order valence-electron chi connectivity index (χ2n) is 9.13. The lowest BCUT2D eigenvalue weighted by Gasteiger charge is -2.35. The standard InChI is InChI=1S/C27H38N4O2/c1-3-29-17-19-30(20-18-29)24-12-10-23(11-13-24)28-27(32)21-31-16-6-4-5-7-26(31)22-8-14-25(33-2)15-9-22/h8-15,26H,3-7,16-21H2,1-2H3,(H,28,32)/t26-/m0/s1. The van der Waals surface area contributed by atoms with Crippen molar-refractivity contribution in [3.63, 3.8) is 0 Å². The van der Waals surface area contributed by atoms with Gasteiger partial charge in [-0.1, -0.05) is 31.9 Å². The van der Waals surface area contributed by atoms with Crippen molar-refractivity contribution in [2.75, 3.05) is 63.1 Å². The van der Waals surface area contributed by atoms with Crippen LogP contribution in [0.15, 0.2) is 48.5 Å². The van der Waals surface area contributed by atoms with Gasteiger partial charge in [0.1, 0.15) is 5.75 Å². The Balaban J connectivity index is 1.35. The van der Waals surface area contributed by atoms with Crippen molar-refractivity contribution in [3.05, 3.63) is 54.1 Å². The minimum atomic E-state index is 0.0553. The van der Waals surface area contributed by atoms with Crippen LogP contribution in [0.4, 0.5) is 11.4 Å². The van der Waals surface area contributed by atoms with E-state index in [-0.39, 0.29) is 11.9 Å². The fourth-order valence-electron chi connectivity index (χ4n) is 5.02. The van der Waals surface area contributed by atoms with Crippen LogP contribution in [-0.2, 0) is 4.79 Å². The molecule has 6 heteroatoms. The van der Waals surface area contributed by atoms with E-state index in [0.29, 0.717) is 6.54 Å². The smallest absolute Gasteiger partial charge is 0.238 e. The van der Waals surface area contributed by atoms with Crippen molar-refractivity contribution in [3.8, 4) is 5.75 Å². The number of carbonyl (C=O) groups excluding carboxylic acids is 1. The molecular weight excluding hydrogens is 412 g/mol. The third-order valence-corrected chi connectivity index (χ3v) is 7.05. The van der Waals surface area contributed by atoms with Gasteiger partial charge in [-0.15, -0.1) is 0 Å². The van der Waals surface area contributed by atoms with Crippen molar-refractivity contribution < 1.29 is 9.53 Å². The maximum atomic E-state index is 12.9. The normalized spacial score (nSPS) is 20.3. The number of anilines is 2. The predicted molar refractivity (Wildman–Crippen MR) is 135 cm³/mol. The van der Waals surface area contributed by atoms with Crippen LogP contribution in [0.5, 0.6) is 5.75 Å². The zero-order chi connectivity index (χ0) is 23.0. The van der Waals surface area contributed by atoms with Crippen molar-refractivity contribution in [1.82, 2.24) is 9.80 Å². The highest BCUT2D eigenvalue weighted by Crippen LogP contribution is 2.31. The molecule has 4 rings (SSSR count). The van der Waals surface area contributed by atoms with E-state index in [2.05, 4.69) is 51.2 Å². The van der Waals surface area contributed by atoms with Crippen molar-refractivity contribution in [1.29, 1.82) is 0 Å². The Bertz CT molecular complexity index is 876. The number of likely N-dealkylation sites (N-methyl/N-ethyl adjacent to an activating group) is 1. The zero-order valence-corrected chi connectivity index (χ0v) is 20.1. The first-order valence-corrected chi connectivity index (χ1v) is 12.4. The molecule has 0 aromatic heterocycles. The number of nitrogens with one attached hydrogen (secondary N) is 1. The molecule has 1 atom stereocenters. The zero-order valence-electron chi connectivity index (χ0n) is 20.1. The number of rotatable bonds is 7. The quantitative estimate of drug-likeness (QED) is 0.678. The van der Waals surface area contributed by atoms with E-state index in [1.807, 2.05) is 24.3 Å². The summed E-state index contributed by atoms with van der Waals surface area (Å²) in [5.74, 6) is 0.923. The van der Waals surface area contributed by atoms with E-state index in [4.69, 9.17) is 4.74 Å². The van der Waals surface area contributed by atoms with Crippen LogP contribution in [-0.4, -0.2) is 68.6 Å². The van der Waals surface area contributed by atoms with Crippen LogP contribution in [0, 0.1) is 0 Å². The van der Waals surface area contributed by atoms with Gasteiger partial charge in [0.05, 0.1) is 13.7 Å². The summed E-state index contributed by atoms with van der Waals surface area (Å²) in [6.07, 6.45) is 4.64. The number of carbonyl (C=O) groups is 1. The molecule has 0 radical (unpaired) electrons. The van der Waals surface area contributed by atoms with Crippen LogP contribution >= 0.6 is 0 Å². The van der Waals surface area contributed by atoms with Gasteiger partial charge >= 0.3 is 0 Å². The largest absolute Gasteiger partial charge is 0.497 e. The van der Waals surface area contributed by atoms with Crippen LogP contribution < -0.4 is 15.0 Å². The molecule has 0 aliphatic carbocycles. The van der Waals surface area contributed by atoms with Crippen molar-refractivity contribution in [2.45, 2.75) is 38.6 Å². The van der Waals surface area contributed by atoms with Gasteiger partial charge in [0.15, 0.2) is 0 Å². The summed E-state index contributed by atoms with van der Waals surface area (Å²) in [7, 11) is 1.69. The Morgan fingerprint density at radius 3 is 2.33 bits per heavy atom. The lowest BCUT2D eigenvalue weighted by atomic mass is 10.0. The summed E-state index contributed by atoms with van der Waals surface area (Å²) in [4.78, 5) is 20.2. The highest BCUT2D eigenvalue weighted by atomic mass is 16.5. The molecule has 2 aliphatic rings. The summed E-state index contributed by atoms with van der Waals surface area (Å²) in [6, 6.07) is 16.9. The molecule has 0 saturated carbocycles. The van der Waals surface area contributed by atoms with E-state index < -0.39 is 0 Å². The minimum Gasteiger partial charge on any atom is -0.497 e. The first-order valence-electron chi connectivity index (χ1n) is 12.4. The van der Waals surface area contributed by atoms with Gasteiger partial charge in [0.2, 0.25) is 5.91 Å². The second-order valence-corrected chi connectivity index (χ2v) is 9.13. The summed E-state index contributed by atoms with van der Waals surface area (Å²) in [6.45, 7) is 9.04. The fraction of sp³-hybridized carbons (Fsp3) is 0.519. The van der Waals surface area contributed by atoms with Gasteiger partial charge in [0, 0.05) is 43.6 Å². The molecule has 178 valence electrons. The molecule has 1 N–H and O–H groups in total. The van der Waals surface area contributed by atoms with E-state index in [1.54, 1.807) is 7.11 Å². The third-order valence-electron chi connectivity index (χ3n) is 7.05. The molecular formula is C27H38N4O2. The molecule has 2 heterocycles. The maximum Gasteiger partial charge on any atom is 0.238 e. The van der Waals surface area contributed by atoms with Crippen molar-refractivity contribution >= 4 is 17.3 Å². The van der Waals surface area contributed by atoms with Gasteiger partial charge in [-0.2, -0.15) is 0 Å². The van der Waals surface area contributed by atoms with E-state index in [1.165, 1.54) is 24.1 Å². The Morgan fingerprint density at radius 1 is 0.939 bits per heavy atom. The monoisotopic (exact) mass is 450 g/mol. The summed E-state index contributed by atoms with van der Waals surface area (Å²) in [5, 5.41) is 3.12. The van der Waals surface area contributed by atoms with E-state index in [9.17, 15) is 4.79 Å². The maximum absolute atomic E-state index is 12.9. The third kappa shape index (κ3) is 6.27. The molecule has 2 aromatic carbocycles. The van der Waals surface area contributed by atoms with Gasteiger partial charge in [-0.3, -0.25) is 9.69 Å². The molecule has 6 nitrogen and oxygen atoms in total. The molecule has 2 aliphatic heterocycles. The Kier molecular flexibility index (Phi) is 8.24. The van der Waals surface area contributed by atoms with Gasteiger partial charge < -0.3 is 19.9 Å². The Morgan fingerprint density at radius 2 is 1.67 bits per heavy atom. The molecule has 2 aromatic rings. The number of likely N-dealkylation sites (tertiary alicyclic amines) is 1. The highest BCUT2D eigenvalue weighted by molar-refractivity contribution is 5.92. The molecule has 2 saturated heterocycles. The average Bonchev–Trinajstić information content (AvgIpc) is 3.10. The van der Waals surface area contributed by atoms with E-state index in [0.717, 1.165) is 63.5 Å². The number of benzene rings is 2. The van der Waals surface area contributed by atoms with Gasteiger partial charge in [-0.25, -0.2) is 0 Å². The van der Waals surface area contributed by atoms with E-state index >= 15 is 0 Å². The lowest BCUT2D eigenvalue weighted by molar-refractivity contribution is -0.117. The molecule has 0 unspecified atom stereocenters. The average molecular weight is 451 g/mol. The van der Waals surface area contributed by atoms with Gasteiger partial charge in [-0.05, 0) is 67.9 Å². The van der Waals surface area contributed by atoms with Crippen LogP contribution in [0.1, 0.15) is 44.2 Å². The number of amides is 1. The summed E-state index contributed by atoms with van der Waals surface area (Å²) in [5.41, 5.74) is 3.36. The fourth-order valence-corrected chi connectivity index (χ4v) is 5.02. The predicted octanol–water partition coefficient (Wildman–Crippen LogP) is 4.39. The number of nitrogens with zero attached hydrogens (tertiary/aromatic N) is 3. The van der Waals surface area contributed by atoms with Gasteiger partial charge in [0.25, 0.3) is 0 Å². The minimum absolute atomic E-state index is 0.0553. The topological polar surface area (TPSA) is 48.0 Å². The summed E-state index contributed by atoms with van der Waals surface area (Å²) >= 11 is 0. The number of methoxy groups -OCH3 is 1. The molecule has 33 heavy (non-hydrogen) atoms.